The van der Waals surface area contributed by atoms with E-state index in [-0.39, 0.29) is 5.91 Å². The van der Waals surface area contributed by atoms with Gasteiger partial charge in [-0.25, -0.2) is 13.4 Å². The highest BCUT2D eigenvalue weighted by molar-refractivity contribution is 7.89. The van der Waals surface area contributed by atoms with Gasteiger partial charge < -0.3 is 4.90 Å². The van der Waals surface area contributed by atoms with E-state index in [1.54, 1.807) is 17.0 Å². The van der Waals surface area contributed by atoms with E-state index in [0.717, 1.165) is 40.1 Å². The van der Waals surface area contributed by atoms with Crippen LogP contribution in [0.4, 0.5) is 0 Å². The van der Waals surface area contributed by atoms with Crippen LogP contribution in [-0.2, 0) is 27.7 Å². The lowest BCUT2D eigenvalue weighted by Crippen LogP contribution is -2.50. The Morgan fingerprint density at radius 3 is 2.58 bits per heavy atom. The summed E-state index contributed by atoms with van der Waals surface area (Å²) in [5.74, 6) is -0.117. The highest BCUT2D eigenvalue weighted by Crippen LogP contribution is 2.27. The highest BCUT2D eigenvalue weighted by atomic mass is 32.2. The summed E-state index contributed by atoms with van der Waals surface area (Å²) in [6.07, 6.45) is 6.33. The maximum atomic E-state index is 13.1. The minimum absolute atomic E-state index is 0.117. The molecular formula is C23H23N3O3S2. The lowest BCUT2D eigenvalue weighted by Gasteiger charge is -2.33. The third kappa shape index (κ3) is 4.03. The number of carbonyl (C=O) groups excluding carboxylic acids is 1. The quantitative estimate of drug-likeness (QED) is 0.568. The molecule has 1 aliphatic heterocycles. The molecule has 1 aromatic heterocycles. The van der Waals surface area contributed by atoms with Crippen molar-refractivity contribution in [2.24, 2.45) is 0 Å². The molecule has 0 N–H and O–H groups in total. The number of fused-ring (bicyclic) bond motifs is 2. The van der Waals surface area contributed by atoms with Gasteiger partial charge in [-0.3, -0.25) is 4.79 Å². The summed E-state index contributed by atoms with van der Waals surface area (Å²) < 4.78 is 28.7. The van der Waals surface area contributed by atoms with Gasteiger partial charge in [0.25, 0.3) is 0 Å². The summed E-state index contributed by atoms with van der Waals surface area (Å²) in [6, 6.07) is 13.4. The monoisotopic (exact) mass is 453 g/mol. The molecule has 0 unspecified atom stereocenters. The minimum atomic E-state index is -3.53. The van der Waals surface area contributed by atoms with Crippen LogP contribution in [0.1, 0.15) is 22.6 Å². The van der Waals surface area contributed by atoms with Gasteiger partial charge in [-0.2, -0.15) is 4.31 Å². The van der Waals surface area contributed by atoms with E-state index >= 15 is 0 Å². The molecule has 160 valence electrons. The molecule has 0 spiro atoms. The van der Waals surface area contributed by atoms with Crippen molar-refractivity contribution in [2.75, 3.05) is 26.2 Å². The first kappa shape index (κ1) is 20.4. The number of nitrogens with zero attached hydrogens (tertiary/aromatic N) is 3. The van der Waals surface area contributed by atoms with Crippen LogP contribution >= 0.6 is 11.3 Å². The van der Waals surface area contributed by atoms with E-state index in [1.807, 2.05) is 36.4 Å². The van der Waals surface area contributed by atoms with Gasteiger partial charge in [0.1, 0.15) is 5.01 Å². The summed E-state index contributed by atoms with van der Waals surface area (Å²) in [5, 5.41) is 0.785. The van der Waals surface area contributed by atoms with Crippen LogP contribution in [0.15, 0.2) is 53.4 Å². The zero-order valence-electron chi connectivity index (χ0n) is 17.0. The molecule has 1 saturated heterocycles. The molecule has 0 bridgehead atoms. The smallest absolute Gasteiger partial charge is 0.246 e. The number of hydrogen-bond donors (Lipinski definition) is 0. The van der Waals surface area contributed by atoms with E-state index < -0.39 is 10.0 Å². The number of hydrogen-bond acceptors (Lipinski definition) is 5. The molecule has 0 saturated carbocycles. The van der Waals surface area contributed by atoms with Crippen molar-refractivity contribution in [2.45, 2.75) is 24.2 Å². The number of aryl methyl sites for hydroxylation is 2. The van der Waals surface area contributed by atoms with E-state index in [2.05, 4.69) is 4.98 Å². The molecule has 5 rings (SSSR count). The van der Waals surface area contributed by atoms with Crippen molar-refractivity contribution in [1.29, 1.82) is 0 Å². The summed E-state index contributed by atoms with van der Waals surface area (Å²) in [7, 11) is -3.53. The molecule has 0 radical (unpaired) electrons. The topological polar surface area (TPSA) is 70.6 Å². The van der Waals surface area contributed by atoms with Crippen molar-refractivity contribution in [3.8, 4) is 0 Å². The standard InChI is InChI=1S/C23H23N3O3S2/c27-23(11-10-22-24-20-6-1-2-7-21(20)30-22)25-12-14-26(15-13-25)31(28,29)19-9-8-17-4-3-5-18(17)16-19/h1-2,6-11,16H,3-5,12-15H2/b11-10+. The normalized spacial score (nSPS) is 17.5. The molecule has 6 nitrogen and oxygen atoms in total. The number of piperazine rings is 1. The Labute approximate surface area is 185 Å². The Morgan fingerprint density at radius 1 is 1.00 bits per heavy atom. The molecule has 2 aliphatic rings. The average Bonchev–Trinajstić information content (AvgIpc) is 3.43. The van der Waals surface area contributed by atoms with Gasteiger partial charge in [0.15, 0.2) is 0 Å². The van der Waals surface area contributed by atoms with Gasteiger partial charge in [0.05, 0.1) is 15.1 Å². The van der Waals surface area contributed by atoms with Gasteiger partial charge in [-0.1, -0.05) is 18.2 Å². The first-order valence-electron chi connectivity index (χ1n) is 10.5. The summed E-state index contributed by atoms with van der Waals surface area (Å²) in [6.45, 7) is 1.38. The number of aromatic nitrogens is 1. The van der Waals surface area contributed by atoms with Crippen molar-refractivity contribution in [3.05, 3.63) is 64.7 Å². The molecule has 8 heteroatoms. The molecule has 0 atom stereocenters. The Hall–Kier alpha value is -2.55. The zero-order chi connectivity index (χ0) is 21.4. The SMILES string of the molecule is O=C(/C=C/c1nc2ccccc2s1)N1CCN(S(=O)(=O)c2ccc3c(c2)CCC3)CC1. The lowest BCUT2D eigenvalue weighted by atomic mass is 10.1. The maximum Gasteiger partial charge on any atom is 0.246 e. The summed E-state index contributed by atoms with van der Waals surface area (Å²) >= 11 is 1.54. The van der Waals surface area contributed by atoms with Crippen LogP contribution in [-0.4, -0.2) is 54.7 Å². The molecule has 1 fully saturated rings. The van der Waals surface area contributed by atoms with Crippen LogP contribution in [0.3, 0.4) is 0 Å². The van der Waals surface area contributed by atoms with Crippen LogP contribution in [0.2, 0.25) is 0 Å². The molecule has 1 aliphatic carbocycles. The highest BCUT2D eigenvalue weighted by Gasteiger charge is 2.30. The van der Waals surface area contributed by atoms with E-state index in [4.69, 9.17) is 0 Å². The second-order valence-corrected chi connectivity index (χ2v) is 10.9. The largest absolute Gasteiger partial charge is 0.337 e. The fourth-order valence-electron chi connectivity index (χ4n) is 4.22. The minimum Gasteiger partial charge on any atom is -0.337 e. The first-order valence-corrected chi connectivity index (χ1v) is 12.7. The van der Waals surface area contributed by atoms with Crippen molar-refractivity contribution >= 4 is 43.6 Å². The van der Waals surface area contributed by atoms with E-state index in [0.29, 0.717) is 31.1 Å². The number of rotatable bonds is 4. The molecule has 2 aromatic carbocycles. The fourth-order valence-corrected chi connectivity index (χ4v) is 6.56. The van der Waals surface area contributed by atoms with Crippen molar-refractivity contribution < 1.29 is 13.2 Å². The maximum absolute atomic E-state index is 13.1. The predicted octanol–water partition coefficient (Wildman–Crippen LogP) is 3.33. The molecule has 2 heterocycles. The Morgan fingerprint density at radius 2 is 1.77 bits per heavy atom. The van der Waals surface area contributed by atoms with Gasteiger partial charge in [0, 0.05) is 32.3 Å². The Kier molecular flexibility index (Phi) is 5.37. The first-order chi connectivity index (χ1) is 15.0. The zero-order valence-corrected chi connectivity index (χ0v) is 18.7. The molecular weight excluding hydrogens is 430 g/mol. The fraction of sp³-hybridized carbons (Fsp3) is 0.304. The number of para-hydroxylation sites is 1. The van der Waals surface area contributed by atoms with Crippen LogP contribution < -0.4 is 0 Å². The number of carbonyl (C=O) groups is 1. The van der Waals surface area contributed by atoms with Gasteiger partial charge in [0.2, 0.25) is 15.9 Å². The van der Waals surface area contributed by atoms with E-state index in [1.165, 1.54) is 27.3 Å². The Bertz CT molecular complexity index is 1240. The third-order valence-corrected chi connectivity index (χ3v) is 8.83. The molecule has 3 aromatic rings. The second kappa shape index (κ2) is 8.18. The van der Waals surface area contributed by atoms with Gasteiger partial charge in [-0.15, -0.1) is 11.3 Å². The van der Waals surface area contributed by atoms with Gasteiger partial charge >= 0.3 is 0 Å². The van der Waals surface area contributed by atoms with Crippen LogP contribution in [0, 0.1) is 0 Å². The van der Waals surface area contributed by atoms with Crippen LogP contribution in [0.5, 0.6) is 0 Å². The predicted molar refractivity (Wildman–Crippen MR) is 122 cm³/mol. The average molecular weight is 454 g/mol. The summed E-state index contributed by atoms with van der Waals surface area (Å²) in [4.78, 5) is 19.2. The number of sulfonamides is 1. The molecule has 31 heavy (non-hydrogen) atoms. The number of benzene rings is 2. The van der Waals surface area contributed by atoms with E-state index in [9.17, 15) is 13.2 Å². The number of amides is 1. The molecule has 1 amide bonds. The third-order valence-electron chi connectivity index (χ3n) is 5.94. The van der Waals surface area contributed by atoms with Gasteiger partial charge in [-0.05, 0) is 60.7 Å². The lowest BCUT2D eigenvalue weighted by molar-refractivity contribution is -0.127. The van der Waals surface area contributed by atoms with Crippen molar-refractivity contribution in [3.63, 3.8) is 0 Å². The van der Waals surface area contributed by atoms with Crippen molar-refractivity contribution in [1.82, 2.24) is 14.2 Å². The Balaban J connectivity index is 1.23. The second-order valence-electron chi connectivity index (χ2n) is 7.87. The number of thiazole rings is 1. The van der Waals surface area contributed by atoms with Crippen LogP contribution in [0.25, 0.3) is 16.3 Å². The summed E-state index contributed by atoms with van der Waals surface area (Å²) in [5.41, 5.74) is 3.33.